The van der Waals surface area contributed by atoms with Crippen molar-refractivity contribution in [2.24, 2.45) is 0 Å². The number of hydrogen-bond donors (Lipinski definition) is 1. The SMILES string of the molecule is COC(=O)c1cc(C(=O)OC)c(-c2cc[c]([Na])c3ccccc23)c(S(=O)(=O)O)c1. The van der Waals surface area contributed by atoms with Crippen molar-refractivity contribution >= 4 is 63.6 Å². The Kier molecular flexibility index (Phi) is 6.11. The van der Waals surface area contributed by atoms with Crippen LogP contribution in [0.4, 0.5) is 0 Å². The molecular weight excluding hydrogens is 407 g/mol. The molecule has 3 aromatic rings. The van der Waals surface area contributed by atoms with Crippen LogP contribution in [0.25, 0.3) is 21.9 Å². The zero-order valence-corrected chi connectivity index (χ0v) is 18.7. The van der Waals surface area contributed by atoms with Gasteiger partial charge in [-0.05, 0) is 0 Å². The van der Waals surface area contributed by atoms with Crippen LogP contribution < -0.4 is 2.81 Å². The van der Waals surface area contributed by atoms with E-state index in [-0.39, 0.29) is 16.7 Å². The molecule has 0 heterocycles. The Morgan fingerprint density at radius 2 is 1.55 bits per heavy atom. The van der Waals surface area contributed by atoms with Crippen molar-refractivity contribution < 1.29 is 32.0 Å². The molecule has 3 aromatic carbocycles. The average molecular weight is 422 g/mol. The van der Waals surface area contributed by atoms with E-state index in [2.05, 4.69) is 4.74 Å². The van der Waals surface area contributed by atoms with Gasteiger partial charge in [0, 0.05) is 0 Å². The van der Waals surface area contributed by atoms with E-state index in [4.69, 9.17) is 4.74 Å². The molecule has 0 aliphatic rings. The average Bonchev–Trinajstić information content (AvgIpc) is 2.71. The first kappa shape index (κ1) is 21.5. The van der Waals surface area contributed by atoms with Crippen LogP contribution in [0.5, 0.6) is 0 Å². The molecule has 3 rings (SSSR count). The van der Waals surface area contributed by atoms with Gasteiger partial charge in [0.05, 0.1) is 0 Å². The number of hydrogen-bond acceptors (Lipinski definition) is 6. The summed E-state index contributed by atoms with van der Waals surface area (Å²) in [5.74, 6) is -1.71. The standard InChI is InChI=1S/C20H15O7S.Na/c1-26-19(21)13-10-16(20(22)27-2)18(17(11-13)28(23,24)25)15-9-5-7-12-6-3-4-8-14(12)15;/h3-6,8-11H,1-2H3,(H,23,24,25);. The van der Waals surface area contributed by atoms with Crippen LogP contribution in [0, 0.1) is 0 Å². The summed E-state index contributed by atoms with van der Waals surface area (Å²) < 4.78 is 44.9. The molecule has 144 valence electrons. The molecule has 0 saturated carbocycles. The molecule has 0 aliphatic heterocycles. The third-order valence-corrected chi connectivity index (χ3v) is 6.37. The van der Waals surface area contributed by atoms with Gasteiger partial charge in [-0.3, -0.25) is 0 Å². The Hall–Kier alpha value is -2.23. The molecule has 29 heavy (non-hydrogen) atoms. The van der Waals surface area contributed by atoms with Crippen molar-refractivity contribution in [3.05, 3.63) is 59.7 Å². The van der Waals surface area contributed by atoms with Gasteiger partial charge in [-0.15, -0.1) is 0 Å². The molecule has 0 saturated heterocycles. The molecule has 0 unspecified atom stereocenters. The number of esters is 2. The molecule has 0 atom stereocenters. The molecule has 1 N–H and O–H groups in total. The summed E-state index contributed by atoms with van der Waals surface area (Å²) in [6.07, 6.45) is 0. The van der Waals surface area contributed by atoms with Gasteiger partial charge in [-0.2, -0.15) is 0 Å². The fraction of sp³-hybridized carbons (Fsp3) is 0.100. The summed E-state index contributed by atoms with van der Waals surface area (Å²) in [6.45, 7) is 0. The number of fused-ring (bicyclic) bond motifs is 1. The Bertz CT molecular complexity index is 1250. The van der Waals surface area contributed by atoms with E-state index in [9.17, 15) is 22.6 Å². The van der Waals surface area contributed by atoms with Crippen LogP contribution in [0.3, 0.4) is 0 Å². The van der Waals surface area contributed by atoms with Crippen molar-refractivity contribution in [1.82, 2.24) is 0 Å². The van der Waals surface area contributed by atoms with E-state index in [0.29, 0.717) is 10.9 Å². The number of methoxy groups -OCH3 is 2. The molecular formula is C20H15NaO7S. The predicted octanol–water partition coefficient (Wildman–Crippen LogP) is 2.12. The second-order valence-corrected chi connectivity index (χ2v) is 8.80. The van der Waals surface area contributed by atoms with Gasteiger partial charge < -0.3 is 0 Å². The Morgan fingerprint density at radius 3 is 2.14 bits per heavy atom. The molecule has 0 radical (unpaired) electrons. The van der Waals surface area contributed by atoms with Gasteiger partial charge in [0.25, 0.3) is 0 Å². The van der Waals surface area contributed by atoms with Crippen LogP contribution >= 0.6 is 0 Å². The van der Waals surface area contributed by atoms with Crippen LogP contribution in [0.15, 0.2) is 53.4 Å². The van der Waals surface area contributed by atoms with E-state index in [1.807, 2.05) is 18.2 Å². The molecule has 9 heteroatoms. The molecule has 0 spiro atoms. The van der Waals surface area contributed by atoms with Gasteiger partial charge in [-0.25, -0.2) is 0 Å². The summed E-state index contributed by atoms with van der Waals surface area (Å²) >= 11 is 0.758. The Balaban J connectivity index is 2.53. The molecule has 0 fully saturated rings. The third-order valence-electron chi connectivity index (χ3n) is 4.62. The number of rotatable bonds is 4. The monoisotopic (exact) mass is 422 g/mol. The van der Waals surface area contributed by atoms with Gasteiger partial charge in [-0.1, -0.05) is 0 Å². The number of carbonyl (C=O) groups is 2. The third kappa shape index (κ3) is 4.08. The maximum atomic E-state index is 12.5. The summed E-state index contributed by atoms with van der Waals surface area (Å²) in [5.41, 5.74) is 0.0110. The normalized spacial score (nSPS) is 11.3. The Labute approximate surface area is 184 Å². The first-order valence-corrected chi connectivity index (χ1v) is 10.9. The van der Waals surface area contributed by atoms with Crippen LogP contribution in [-0.4, -0.2) is 67.1 Å². The minimum absolute atomic E-state index is 0.0372. The number of benzene rings is 3. The molecule has 0 bridgehead atoms. The summed E-state index contributed by atoms with van der Waals surface area (Å²) in [7, 11) is -2.53. The summed E-state index contributed by atoms with van der Waals surface area (Å²) in [5, 5.41) is 1.62. The van der Waals surface area contributed by atoms with E-state index >= 15 is 0 Å². The zero-order chi connectivity index (χ0) is 21.3. The van der Waals surface area contributed by atoms with Gasteiger partial charge in [0.2, 0.25) is 0 Å². The van der Waals surface area contributed by atoms with Crippen molar-refractivity contribution in [3.8, 4) is 11.1 Å². The number of carbonyl (C=O) groups excluding carboxylic acids is 2. The first-order valence-electron chi connectivity index (χ1n) is 8.50. The van der Waals surface area contributed by atoms with E-state index in [1.165, 1.54) is 6.07 Å². The van der Waals surface area contributed by atoms with Crippen molar-refractivity contribution in [3.63, 3.8) is 0 Å². The fourth-order valence-corrected chi connectivity index (χ4v) is 4.63. The van der Waals surface area contributed by atoms with Crippen LogP contribution in [-0.2, 0) is 19.6 Å². The second-order valence-electron chi connectivity index (χ2n) is 6.33. The number of ether oxygens (including phenoxy) is 2. The first-order chi connectivity index (χ1) is 13.7. The maximum absolute atomic E-state index is 12.5. The quantitative estimate of drug-likeness (QED) is 0.390. The van der Waals surface area contributed by atoms with E-state index < -0.39 is 27.0 Å². The molecule has 0 amide bonds. The predicted molar refractivity (Wildman–Crippen MR) is 107 cm³/mol. The van der Waals surface area contributed by atoms with Crippen LogP contribution in [0.2, 0.25) is 0 Å². The topological polar surface area (TPSA) is 107 Å². The van der Waals surface area contributed by atoms with Crippen molar-refractivity contribution in [2.75, 3.05) is 14.2 Å². The second kappa shape index (κ2) is 8.25. The van der Waals surface area contributed by atoms with Crippen LogP contribution in [0.1, 0.15) is 20.7 Å². The molecule has 0 aromatic heterocycles. The van der Waals surface area contributed by atoms with Gasteiger partial charge >= 0.3 is 186 Å². The van der Waals surface area contributed by atoms with Crippen molar-refractivity contribution in [1.29, 1.82) is 0 Å². The van der Waals surface area contributed by atoms with E-state index in [0.717, 1.165) is 56.4 Å². The Morgan fingerprint density at radius 1 is 0.931 bits per heavy atom. The van der Waals surface area contributed by atoms with E-state index in [1.54, 1.807) is 18.2 Å². The van der Waals surface area contributed by atoms with Gasteiger partial charge in [0.15, 0.2) is 0 Å². The summed E-state index contributed by atoms with van der Waals surface area (Å²) in [6, 6.07) is 13.1. The van der Waals surface area contributed by atoms with Gasteiger partial charge in [0.1, 0.15) is 0 Å². The fourth-order valence-electron chi connectivity index (χ4n) is 3.27. The minimum atomic E-state index is -4.80. The van der Waals surface area contributed by atoms with Crippen molar-refractivity contribution in [2.45, 2.75) is 4.90 Å². The summed E-state index contributed by atoms with van der Waals surface area (Å²) in [4.78, 5) is 23.9. The zero-order valence-electron chi connectivity index (χ0n) is 15.9. The molecule has 7 nitrogen and oxygen atoms in total. The molecule has 0 aliphatic carbocycles.